The van der Waals surface area contributed by atoms with Gasteiger partial charge in [0.15, 0.2) is 18.3 Å². The van der Waals surface area contributed by atoms with E-state index in [9.17, 15) is 66.1 Å². The maximum Gasteiger partial charge on any atom is 0.239 e. The summed E-state index contributed by atoms with van der Waals surface area (Å²) in [5, 5.41) is 124. The number of hydrogen-bond acceptors (Lipinski definition) is 20. The Morgan fingerprint density at radius 1 is 0.604 bits per heavy atom. The second-order valence-electron chi connectivity index (χ2n) is 13.0. The van der Waals surface area contributed by atoms with Crippen LogP contribution in [0.15, 0.2) is 45.6 Å². The SMILES string of the molecule is C[C@@H]1O[C@@H](OC[C@@H]2O[C@@H](OC[C@H]3O[C@@H](Oc4c(-c5ccc(O)cc5)oc5cc(O)cc(O)c5c4=O)[C@H](O)[C@@H](O)[C@@H]3O)[C@H](O)[C@H](O)[C@H]2O)[C@H](O)[C@H](O)[C@H]1O. The molecule has 292 valence electrons. The highest BCUT2D eigenvalue weighted by atomic mass is 16.7. The van der Waals surface area contributed by atoms with Gasteiger partial charge in [-0.3, -0.25) is 4.79 Å². The van der Waals surface area contributed by atoms with E-state index in [0.29, 0.717) is 0 Å². The van der Waals surface area contributed by atoms with Crippen molar-refractivity contribution in [3.63, 3.8) is 0 Å². The van der Waals surface area contributed by atoms with Crippen LogP contribution in [0.2, 0.25) is 0 Å². The average Bonchev–Trinajstić information content (AvgIpc) is 3.12. The number of hydrogen-bond donors (Lipinski definition) is 12. The molecule has 0 amide bonds. The van der Waals surface area contributed by atoms with E-state index in [1.165, 1.54) is 31.2 Å². The van der Waals surface area contributed by atoms with Crippen LogP contribution in [0.3, 0.4) is 0 Å². The van der Waals surface area contributed by atoms with Crippen LogP contribution in [0.4, 0.5) is 0 Å². The van der Waals surface area contributed by atoms with Crippen LogP contribution in [0.5, 0.6) is 23.0 Å². The smallest absolute Gasteiger partial charge is 0.239 e. The first kappa shape index (κ1) is 39.0. The molecular weight excluding hydrogens is 716 g/mol. The Labute approximate surface area is 298 Å². The Kier molecular flexibility index (Phi) is 11.5. The molecule has 20 nitrogen and oxygen atoms in total. The highest BCUT2D eigenvalue weighted by molar-refractivity contribution is 5.88. The number of aromatic hydroxyl groups is 3. The fourth-order valence-corrected chi connectivity index (χ4v) is 6.17. The molecule has 0 aliphatic carbocycles. The molecule has 3 saturated heterocycles. The molecule has 15 atom stereocenters. The maximum absolute atomic E-state index is 13.7. The molecule has 12 N–H and O–H groups in total. The maximum atomic E-state index is 13.7. The third-order valence-electron chi connectivity index (χ3n) is 9.28. The molecule has 53 heavy (non-hydrogen) atoms. The van der Waals surface area contributed by atoms with Crippen molar-refractivity contribution in [2.75, 3.05) is 13.2 Å². The van der Waals surface area contributed by atoms with Crippen LogP contribution < -0.4 is 10.2 Å². The summed E-state index contributed by atoms with van der Waals surface area (Å²) >= 11 is 0. The second kappa shape index (κ2) is 15.6. The Morgan fingerprint density at radius 2 is 1.11 bits per heavy atom. The van der Waals surface area contributed by atoms with Gasteiger partial charge in [-0.15, -0.1) is 0 Å². The number of benzene rings is 2. The minimum absolute atomic E-state index is 0.138. The fourth-order valence-electron chi connectivity index (χ4n) is 6.17. The van der Waals surface area contributed by atoms with Gasteiger partial charge < -0.3 is 94.1 Å². The number of phenols is 3. The minimum Gasteiger partial charge on any atom is -0.508 e. The molecule has 0 radical (unpaired) electrons. The number of rotatable bonds is 9. The van der Waals surface area contributed by atoms with Gasteiger partial charge in [-0.2, -0.15) is 0 Å². The van der Waals surface area contributed by atoms with E-state index >= 15 is 0 Å². The standard InChI is InChI=1S/C33H40O20/c1-10-19(37)23(41)26(44)31(49-10)47-8-16-20(38)24(42)27(45)32(51-16)48-9-17-21(39)25(43)28(46)33(52-17)53-30-22(40)18-14(36)6-13(35)7-15(18)50-29(30)11-2-4-12(34)5-3-11/h2-7,10,16-17,19-21,23-28,31-39,41-46H,8-9H2,1H3/t10-,16-,17+,19-,20-,21+,23+,24+,25-,26+,27+,28+,31+,32+,33-/m0/s1. The molecule has 4 heterocycles. The lowest BCUT2D eigenvalue weighted by Gasteiger charge is -2.43. The van der Waals surface area contributed by atoms with E-state index < -0.39 is 133 Å². The van der Waals surface area contributed by atoms with Crippen LogP contribution in [0.25, 0.3) is 22.3 Å². The first-order valence-corrected chi connectivity index (χ1v) is 16.4. The van der Waals surface area contributed by atoms with Gasteiger partial charge in [0.05, 0.1) is 19.3 Å². The predicted octanol–water partition coefficient (Wildman–Crippen LogP) is -3.57. The summed E-state index contributed by atoms with van der Waals surface area (Å²) in [5.41, 5.74) is -1.10. The van der Waals surface area contributed by atoms with E-state index in [1.54, 1.807) is 0 Å². The van der Waals surface area contributed by atoms with Crippen LogP contribution in [0, 0.1) is 0 Å². The molecule has 2 aromatic carbocycles. The normalized spacial score (nSPS) is 37.8. The van der Waals surface area contributed by atoms with Gasteiger partial charge in [-0.05, 0) is 31.2 Å². The topological polar surface area (TPSA) is 328 Å². The van der Waals surface area contributed by atoms with Crippen LogP contribution in [-0.4, -0.2) is 167 Å². The zero-order chi connectivity index (χ0) is 38.5. The molecule has 3 fully saturated rings. The van der Waals surface area contributed by atoms with Gasteiger partial charge in [0, 0.05) is 17.7 Å². The highest BCUT2D eigenvalue weighted by Gasteiger charge is 2.49. The summed E-state index contributed by atoms with van der Waals surface area (Å²) in [5.74, 6) is -2.21. The number of fused-ring (bicyclic) bond motifs is 1. The van der Waals surface area contributed by atoms with Gasteiger partial charge in [0.2, 0.25) is 17.5 Å². The van der Waals surface area contributed by atoms with E-state index in [0.717, 1.165) is 12.1 Å². The van der Waals surface area contributed by atoms with Crippen molar-refractivity contribution < 1.29 is 94.1 Å². The zero-order valence-corrected chi connectivity index (χ0v) is 27.7. The quantitative estimate of drug-likeness (QED) is 0.100. The van der Waals surface area contributed by atoms with Gasteiger partial charge >= 0.3 is 0 Å². The van der Waals surface area contributed by atoms with Crippen molar-refractivity contribution in [2.24, 2.45) is 0 Å². The fraction of sp³-hybridized carbons (Fsp3) is 0.545. The molecule has 3 aliphatic heterocycles. The van der Waals surface area contributed by atoms with Crippen molar-refractivity contribution in [1.82, 2.24) is 0 Å². The Morgan fingerprint density at radius 3 is 1.70 bits per heavy atom. The molecule has 1 aromatic heterocycles. The molecule has 0 bridgehead atoms. The molecule has 6 rings (SSSR count). The van der Waals surface area contributed by atoms with Crippen LogP contribution >= 0.6 is 0 Å². The number of aliphatic hydroxyl groups is 9. The average molecular weight is 757 g/mol. The van der Waals surface area contributed by atoms with Crippen molar-refractivity contribution in [1.29, 1.82) is 0 Å². The van der Waals surface area contributed by atoms with Gasteiger partial charge in [0.1, 0.15) is 95.4 Å². The number of ether oxygens (including phenoxy) is 6. The summed E-state index contributed by atoms with van der Waals surface area (Å²) in [6.45, 7) is 0.104. The zero-order valence-electron chi connectivity index (χ0n) is 27.7. The lowest BCUT2D eigenvalue weighted by molar-refractivity contribution is -0.337. The molecule has 0 saturated carbocycles. The molecule has 0 unspecified atom stereocenters. The van der Waals surface area contributed by atoms with Crippen molar-refractivity contribution in [2.45, 2.75) is 99.0 Å². The predicted molar refractivity (Wildman–Crippen MR) is 171 cm³/mol. The van der Waals surface area contributed by atoms with Crippen LogP contribution in [-0.2, 0) is 23.7 Å². The number of aliphatic hydroxyl groups excluding tert-OH is 9. The first-order chi connectivity index (χ1) is 25.1. The second-order valence-corrected chi connectivity index (χ2v) is 13.0. The van der Waals surface area contributed by atoms with Gasteiger partial charge in [-0.1, -0.05) is 0 Å². The summed E-state index contributed by atoms with van der Waals surface area (Å²) in [7, 11) is 0. The highest BCUT2D eigenvalue weighted by Crippen LogP contribution is 2.38. The van der Waals surface area contributed by atoms with E-state index in [4.69, 9.17) is 32.8 Å². The summed E-state index contributed by atoms with van der Waals surface area (Å²) in [4.78, 5) is 13.7. The lowest BCUT2D eigenvalue weighted by atomic mass is 9.98. The third-order valence-corrected chi connectivity index (χ3v) is 9.28. The first-order valence-electron chi connectivity index (χ1n) is 16.4. The van der Waals surface area contributed by atoms with E-state index in [2.05, 4.69) is 0 Å². The molecule has 3 aromatic rings. The van der Waals surface area contributed by atoms with Gasteiger partial charge in [-0.25, -0.2) is 0 Å². The molecule has 3 aliphatic rings. The van der Waals surface area contributed by atoms with Crippen LogP contribution in [0.1, 0.15) is 6.92 Å². The summed E-state index contributed by atoms with van der Waals surface area (Å²) in [6, 6.07) is 7.16. The Bertz CT molecular complexity index is 1790. The molecule has 20 heteroatoms. The van der Waals surface area contributed by atoms with Crippen molar-refractivity contribution >= 4 is 11.0 Å². The van der Waals surface area contributed by atoms with Crippen molar-refractivity contribution in [3.8, 4) is 34.3 Å². The van der Waals surface area contributed by atoms with E-state index in [1.807, 2.05) is 0 Å². The minimum atomic E-state index is -2.01. The van der Waals surface area contributed by atoms with E-state index in [-0.39, 0.29) is 22.7 Å². The Balaban J connectivity index is 1.19. The van der Waals surface area contributed by atoms with Crippen molar-refractivity contribution in [3.05, 3.63) is 46.6 Å². The molecular formula is C33H40O20. The summed E-state index contributed by atoms with van der Waals surface area (Å²) < 4.78 is 39.2. The Hall–Kier alpha value is -3.71. The lowest BCUT2D eigenvalue weighted by Crippen LogP contribution is -2.62. The third kappa shape index (κ3) is 7.65. The largest absolute Gasteiger partial charge is 0.508 e. The molecule has 0 spiro atoms. The summed E-state index contributed by atoms with van der Waals surface area (Å²) in [6.07, 6.45) is -25.2. The number of phenolic OH excluding ortho intramolecular Hbond substituents is 3. The monoisotopic (exact) mass is 756 g/mol. The van der Waals surface area contributed by atoms with Gasteiger partial charge in [0.25, 0.3) is 0 Å².